The SMILES string of the molecule is CCCN1CCC2(CC1)OC[C@H](C(=O)O)N2C(=O)c1cccs1. The van der Waals surface area contributed by atoms with E-state index >= 15 is 0 Å². The van der Waals surface area contributed by atoms with Crippen molar-refractivity contribution in [2.45, 2.75) is 38.0 Å². The van der Waals surface area contributed by atoms with E-state index in [0.717, 1.165) is 26.1 Å². The zero-order chi connectivity index (χ0) is 16.4. The number of nitrogens with zero attached hydrogens (tertiary/aromatic N) is 2. The lowest BCUT2D eigenvalue weighted by atomic mass is 9.97. The molecule has 126 valence electrons. The molecule has 2 aliphatic rings. The fourth-order valence-electron chi connectivity index (χ4n) is 3.52. The molecule has 0 saturated carbocycles. The summed E-state index contributed by atoms with van der Waals surface area (Å²) in [4.78, 5) is 28.9. The van der Waals surface area contributed by atoms with Crippen molar-refractivity contribution in [3.63, 3.8) is 0 Å². The highest BCUT2D eigenvalue weighted by atomic mass is 32.1. The van der Waals surface area contributed by atoms with Crippen LogP contribution in [0.5, 0.6) is 0 Å². The Bertz CT molecular complexity index is 567. The summed E-state index contributed by atoms with van der Waals surface area (Å²) >= 11 is 1.34. The Kier molecular flexibility index (Phi) is 4.70. The summed E-state index contributed by atoms with van der Waals surface area (Å²) in [6.07, 6.45) is 2.41. The standard InChI is InChI=1S/C16H22N2O4S/c1-2-7-17-8-5-16(6-9-17)18(12(11-22-16)15(20)21)14(19)13-4-3-10-23-13/h3-4,10,12H,2,5-9,11H2,1H3,(H,20,21)/t12-/m1/s1. The van der Waals surface area contributed by atoms with E-state index < -0.39 is 17.7 Å². The van der Waals surface area contributed by atoms with E-state index in [0.29, 0.717) is 17.7 Å². The van der Waals surface area contributed by atoms with Crippen molar-refractivity contribution in [3.05, 3.63) is 22.4 Å². The Morgan fingerprint density at radius 1 is 1.43 bits per heavy atom. The molecule has 0 aliphatic carbocycles. The van der Waals surface area contributed by atoms with Crippen molar-refractivity contribution in [3.8, 4) is 0 Å². The molecular weight excluding hydrogens is 316 g/mol. The van der Waals surface area contributed by atoms with Crippen molar-refractivity contribution in [2.75, 3.05) is 26.2 Å². The average molecular weight is 338 g/mol. The average Bonchev–Trinajstić information content (AvgIpc) is 3.18. The Morgan fingerprint density at radius 3 is 2.74 bits per heavy atom. The number of carbonyl (C=O) groups excluding carboxylic acids is 1. The third kappa shape index (κ3) is 3.00. The molecular formula is C16H22N2O4S. The zero-order valence-corrected chi connectivity index (χ0v) is 14.1. The molecule has 1 amide bonds. The number of rotatable bonds is 4. The topological polar surface area (TPSA) is 70.1 Å². The molecule has 1 aromatic rings. The molecule has 1 atom stereocenters. The van der Waals surface area contributed by atoms with Crippen LogP contribution in [0.25, 0.3) is 0 Å². The molecule has 0 radical (unpaired) electrons. The molecule has 3 heterocycles. The van der Waals surface area contributed by atoms with E-state index in [-0.39, 0.29) is 12.5 Å². The van der Waals surface area contributed by atoms with Crippen molar-refractivity contribution < 1.29 is 19.4 Å². The lowest BCUT2D eigenvalue weighted by Gasteiger charge is -2.44. The van der Waals surface area contributed by atoms with Crippen LogP contribution in [0.2, 0.25) is 0 Å². The summed E-state index contributed by atoms with van der Waals surface area (Å²) < 4.78 is 5.92. The first-order valence-electron chi connectivity index (χ1n) is 8.04. The van der Waals surface area contributed by atoms with Crippen LogP contribution in [0.3, 0.4) is 0 Å². The quantitative estimate of drug-likeness (QED) is 0.908. The fourth-order valence-corrected chi connectivity index (χ4v) is 4.18. The van der Waals surface area contributed by atoms with Gasteiger partial charge in [0.15, 0.2) is 6.04 Å². The van der Waals surface area contributed by atoms with Gasteiger partial charge in [0.05, 0.1) is 11.5 Å². The molecule has 2 aliphatic heterocycles. The number of carboxylic acids is 1. The first-order chi connectivity index (χ1) is 11.1. The van der Waals surface area contributed by atoms with Gasteiger partial charge in [-0.2, -0.15) is 0 Å². The number of hydrogen-bond acceptors (Lipinski definition) is 5. The van der Waals surface area contributed by atoms with Gasteiger partial charge in [-0.15, -0.1) is 11.3 Å². The molecule has 0 unspecified atom stereocenters. The van der Waals surface area contributed by atoms with Gasteiger partial charge in [-0.25, -0.2) is 4.79 Å². The van der Waals surface area contributed by atoms with Gasteiger partial charge in [0.1, 0.15) is 5.72 Å². The Labute approximate surface area is 139 Å². The van der Waals surface area contributed by atoms with Gasteiger partial charge in [-0.05, 0) is 24.4 Å². The number of aliphatic carboxylic acids is 1. The van der Waals surface area contributed by atoms with Gasteiger partial charge < -0.3 is 14.7 Å². The summed E-state index contributed by atoms with van der Waals surface area (Å²) in [5, 5.41) is 11.3. The van der Waals surface area contributed by atoms with Gasteiger partial charge in [0.25, 0.3) is 5.91 Å². The first-order valence-corrected chi connectivity index (χ1v) is 8.91. The van der Waals surface area contributed by atoms with Crippen molar-refractivity contribution in [2.24, 2.45) is 0 Å². The van der Waals surface area contributed by atoms with Gasteiger partial charge in [-0.1, -0.05) is 13.0 Å². The predicted molar refractivity (Wildman–Crippen MR) is 86.6 cm³/mol. The number of thiophene rings is 1. The molecule has 1 aromatic heterocycles. The molecule has 23 heavy (non-hydrogen) atoms. The van der Waals surface area contributed by atoms with Crippen molar-refractivity contribution in [1.29, 1.82) is 0 Å². The summed E-state index contributed by atoms with van der Waals surface area (Å²) in [7, 11) is 0. The third-order valence-corrected chi connectivity index (χ3v) is 5.53. The molecule has 1 N–H and O–H groups in total. The highest BCUT2D eigenvalue weighted by molar-refractivity contribution is 7.12. The highest BCUT2D eigenvalue weighted by Crippen LogP contribution is 2.38. The van der Waals surface area contributed by atoms with E-state index in [1.165, 1.54) is 16.2 Å². The minimum Gasteiger partial charge on any atom is -0.480 e. The van der Waals surface area contributed by atoms with Crippen LogP contribution in [0.1, 0.15) is 35.9 Å². The first kappa shape index (κ1) is 16.4. The van der Waals surface area contributed by atoms with Crippen LogP contribution in [0, 0.1) is 0 Å². The minimum atomic E-state index is -0.997. The van der Waals surface area contributed by atoms with E-state index in [9.17, 15) is 14.7 Å². The molecule has 1 spiro atoms. The van der Waals surface area contributed by atoms with Crippen molar-refractivity contribution >= 4 is 23.2 Å². The molecule has 0 bridgehead atoms. The number of amides is 1. The van der Waals surface area contributed by atoms with Gasteiger partial charge in [0.2, 0.25) is 0 Å². The molecule has 7 heteroatoms. The molecule has 0 aromatic carbocycles. The van der Waals surface area contributed by atoms with Crippen LogP contribution < -0.4 is 0 Å². The minimum absolute atomic E-state index is 0.0697. The summed E-state index contributed by atoms with van der Waals surface area (Å²) in [5.41, 5.74) is -0.769. The van der Waals surface area contributed by atoms with Gasteiger partial charge in [0, 0.05) is 25.9 Å². The van der Waals surface area contributed by atoms with E-state index in [4.69, 9.17) is 4.74 Å². The third-order valence-electron chi connectivity index (χ3n) is 4.67. The van der Waals surface area contributed by atoms with Crippen LogP contribution in [-0.2, 0) is 9.53 Å². The van der Waals surface area contributed by atoms with Gasteiger partial charge >= 0.3 is 5.97 Å². The van der Waals surface area contributed by atoms with Crippen molar-refractivity contribution in [1.82, 2.24) is 9.80 Å². The molecule has 3 rings (SSSR count). The van der Waals surface area contributed by atoms with E-state index in [1.54, 1.807) is 12.1 Å². The maximum absolute atomic E-state index is 12.9. The Hall–Kier alpha value is -1.44. The Morgan fingerprint density at radius 2 is 2.17 bits per heavy atom. The molecule has 2 saturated heterocycles. The number of piperidine rings is 1. The number of likely N-dealkylation sites (tertiary alicyclic amines) is 1. The smallest absolute Gasteiger partial charge is 0.328 e. The number of carbonyl (C=O) groups is 2. The van der Waals surface area contributed by atoms with Gasteiger partial charge in [-0.3, -0.25) is 9.69 Å². The van der Waals surface area contributed by atoms with E-state index in [2.05, 4.69) is 11.8 Å². The number of carboxylic acid groups (broad SMARTS) is 1. The lowest BCUT2D eigenvalue weighted by Crippen LogP contribution is -2.58. The van der Waals surface area contributed by atoms with E-state index in [1.807, 2.05) is 5.38 Å². The lowest BCUT2D eigenvalue weighted by molar-refractivity contribution is -0.143. The maximum Gasteiger partial charge on any atom is 0.328 e. The summed E-state index contributed by atoms with van der Waals surface area (Å²) in [6.45, 7) is 4.89. The van der Waals surface area contributed by atoms with Crippen LogP contribution in [-0.4, -0.2) is 64.8 Å². The second-order valence-electron chi connectivity index (χ2n) is 6.11. The summed E-state index contributed by atoms with van der Waals surface area (Å²) in [5.74, 6) is -1.23. The van der Waals surface area contributed by atoms with Crippen LogP contribution in [0.4, 0.5) is 0 Å². The molecule has 2 fully saturated rings. The second-order valence-corrected chi connectivity index (χ2v) is 7.05. The van der Waals surface area contributed by atoms with Crippen LogP contribution in [0.15, 0.2) is 17.5 Å². The summed E-state index contributed by atoms with van der Waals surface area (Å²) in [6, 6.07) is 2.65. The predicted octanol–water partition coefficient (Wildman–Crippen LogP) is 1.88. The number of hydrogen-bond donors (Lipinski definition) is 1. The fraction of sp³-hybridized carbons (Fsp3) is 0.625. The Balaban J connectivity index is 1.84. The van der Waals surface area contributed by atoms with Crippen LogP contribution >= 0.6 is 11.3 Å². The zero-order valence-electron chi connectivity index (χ0n) is 13.2. The monoisotopic (exact) mass is 338 g/mol. The molecule has 6 nitrogen and oxygen atoms in total. The number of ether oxygens (including phenoxy) is 1. The second kappa shape index (κ2) is 6.59. The maximum atomic E-state index is 12.9. The highest BCUT2D eigenvalue weighted by Gasteiger charge is 2.54. The normalized spacial score (nSPS) is 24.2. The largest absolute Gasteiger partial charge is 0.480 e.